The third-order valence-electron chi connectivity index (χ3n) is 2.63. The van der Waals surface area contributed by atoms with Gasteiger partial charge < -0.3 is 10.4 Å². The number of carboxylic acids is 1. The van der Waals surface area contributed by atoms with Crippen LogP contribution in [0.4, 0.5) is 10.1 Å². The van der Waals surface area contributed by atoms with Crippen LogP contribution in [0.2, 0.25) is 0 Å². The van der Waals surface area contributed by atoms with Crippen molar-refractivity contribution in [1.82, 2.24) is 5.32 Å². The van der Waals surface area contributed by atoms with Gasteiger partial charge >= 0.3 is 11.7 Å². The molecule has 21 heavy (non-hydrogen) atoms. The zero-order valence-electron chi connectivity index (χ0n) is 10.9. The lowest BCUT2D eigenvalue weighted by Gasteiger charge is -2.14. The molecule has 1 aromatic carbocycles. The standard InChI is InChI=1S/C13H13FN2O5/c1-2-5-15-10(7-12(17)18)13(19)8-3-4-9(14)11(6-8)16(20)21/h2-4,6,10,15H,1,5,7H2,(H,17,18). The molecular weight excluding hydrogens is 283 g/mol. The van der Waals surface area contributed by atoms with E-state index in [1.807, 2.05) is 0 Å². The lowest BCUT2D eigenvalue weighted by molar-refractivity contribution is -0.387. The molecule has 0 heterocycles. The van der Waals surface area contributed by atoms with E-state index < -0.39 is 40.6 Å². The fraction of sp³-hybridized carbons (Fsp3) is 0.231. The number of nitro groups is 1. The molecule has 0 saturated heterocycles. The topological polar surface area (TPSA) is 110 Å². The third kappa shape index (κ3) is 4.46. The monoisotopic (exact) mass is 296 g/mol. The maximum atomic E-state index is 13.2. The van der Waals surface area contributed by atoms with E-state index >= 15 is 0 Å². The first-order valence-electron chi connectivity index (χ1n) is 5.91. The molecule has 0 spiro atoms. The highest BCUT2D eigenvalue weighted by molar-refractivity contribution is 6.02. The number of aliphatic carboxylic acids is 1. The van der Waals surface area contributed by atoms with E-state index in [0.717, 1.165) is 18.2 Å². The number of nitrogens with zero attached hydrogens (tertiary/aromatic N) is 1. The highest BCUT2D eigenvalue weighted by Gasteiger charge is 2.25. The van der Waals surface area contributed by atoms with Gasteiger partial charge in [-0.2, -0.15) is 4.39 Å². The van der Waals surface area contributed by atoms with Crippen LogP contribution in [0.1, 0.15) is 16.8 Å². The summed E-state index contributed by atoms with van der Waals surface area (Å²) in [5.41, 5.74) is -0.968. The van der Waals surface area contributed by atoms with Gasteiger partial charge in [0, 0.05) is 18.2 Å². The van der Waals surface area contributed by atoms with Gasteiger partial charge in [0.1, 0.15) is 0 Å². The maximum Gasteiger partial charge on any atom is 0.305 e. The fourth-order valence-corrected chi connectivity index (χ4v) is 1.66. The summed E-state index contributed by atoms with van der Waals surface area (Å²) in [7, 11) is 0. The molecule has 0 bridgehead atoms. The maximum absolute atomic E-state index is 13.2. The van der Waals surface area contributed by atoms with Crippen molar-refractivity contribution in [2.75, 3.05) is 6.54 Å². The Hall–Kier alpha value is -2.61. The molecule has 1 rings (SSSR count). The number of nitrogens with one attached hydrogen (secondary N) is 1. The normalized spacial score (nSPS) is 11.7. The van der Waals surface area contributed by atoms with Crippen LogP contribution in [-0.4, -0.2) is 34.4 Å². The van der Waals surface area contributed by atoms with Gasteiger partial charge in [-0.25, -0.2) is 0 Å². The molecule has 2 N–H and O–H groups in total. The molecule has 0 radical (unpaired) electrons. The van der Waals surface area contributed by atoms with Gasteiger partial charge in [-0.05, 0) is 12.1 Å². The first-order chi connectivity index (χ1) is 9.86. The summed E-state index contributed by atoms with van der Waals surface area (Å²) in [5, 5.41) is 22.1. The van der Waals surface area contributed by atoms with E-state index in [4.69, 9.17) is 5.11 Å². The van der Waals surface area contributed by atoms with Crippen LogP contribution >= 0.6 is 0 Å². The van der Waals surface area contributed by atoms with Gasteiger partial charge in [0.2, 0.25) is 5.82 Å². The summed E-state index contributed by atoms with van der Waals surface area (Å²) < 4.78 is 13.2. The van der Waals surface area contributed by atoms with Crippen molar-refractivity contribution >= 4 is 17.4 Å². The summed E-state index contributed by atoms with van der Waals surface area (Å²) >= 11 is 0. The average Bonchev–Trinajstić information content (AvgIpc) is 2.42. The van der Waals surface area contributed by atoms with Crippen molar-refractivity contribution in [3.8, 4) is 0 Å². The number of rotatable bonds is 8. The van der Waals surface area contributed by atoms with E-state index in [0.29, 0.717) is 0 Å². The van der Waals surface area contributed by atoms with Gasteiger partial charge in [-0.15, -0.1) is 6.58 Å². The molecule has 0 aliphatic rings. The molecule has 1 atom stereocenters. The van der Waals surface area contributed by atoms with Crippen molar-refractivity contribution < 1.29 is 24.0 Å². The molecule has 8 heteroatoms. The molecule has 0 aliphatic heterocycles. The lowest BCUT2D eigenvalue weighted by Crippen LogP contribution is -2.38. The van der Waals surface area contributed by atoms with Crippen LogP contribution < -0.4 is 5.32 Å². The Balaban J connectivity index is 3.07. The van der Waals surface area contributed by atoms with Crippen LogP contribution in [0.15, 0.2) is 30.9 Å². The minimum absolute atomic E-state index is 0.133. The highest BCUT2D eigenvalue weighted by atomic mass is 19.1. The SMILES string of the molecule is C=CCNC(CC(=O)O)C(=O)c1ccc(F)c([N+](=O)[O-])c1. The summed E-state index contributed by atoms with van der Waals surface area (Å²) in [6.07, 6.45) is 0.938. The molecule has 1 aromatic rings. The van der Waals surface area contributed by atoms with Crippen LogP contribution in [0.25, 0.3) is 0 Å². The van der Waals surface area contributed by atoms with E-state index in [1.54, 1.807) is 0 Å². The molecule has 0 aromatic heterocycles. The number of hydrogen-bond donors (Lipinski definition) is 2. The summed E-state index contributed by atoms with van der Waals surface area (Å²) in [6, 6.07) is 1.60. The van der Waals surface area contributed by atoms with E-state index in [9.17, 15) is 24.1 Å². The Labute approximate surface area is 119 Å². The predicted molar refractivity (Wildman–Crippen MR) is 71.6 cm³/mol. The molecule has 0 fully saturated rings. The van der Waals surface area contributed by atoms with Gasteiger partial charge in [0.05, 0.1) is 17.4 Å². The van der Waals surface area contributed by atoms with Crippen LogP contribution in [0, 0.1) is 15.9 Å². The second-order valence-electron chi connectivity index (χ2n) is 4.13. The fourth-order valence-electron chi connectivity index (χ4n) is 1.66. The Morgan fingerprint density at radius 1 is 1.52 bits per heavy atom. The van der Waals surface area contributed by atoms with Crippen LogP contribution in [0.3, 0.4) is 0 Å². The molecular formula is C13H13FN2O5. The summed E-state index contributed by atoms with van der Waals surface area (Å²) in [6.45, 7) is 3.62. The van der Waals surface area contributed by atoms with Gasteiger partial charge in [-0.1, -0.05) is 6.08 Å². The smallest absolute Gasteiger partial charge is 0.305 e. The number of carbonyl (C=O) groups excluding carboxylic acids is 1. The molecule has 7 nitrogen and oxygen atoms in total. The second kappa shape index (κ2) is 7.25. The number of Topliss-reactive ketones (excluding diaryl/α,β-unsaturated/α-hetero) is 1. The highest BCUT2D eigenvalue weighted by Crippen LogP contribution is 2.20. The lowest BCUT2D eigenvalue weighted by atomic mass is 10.0. The average molecular weight is 296 g/mol. The molecule has 112 valence electrons. The Morgan fingerprint density at radius 3 is 2.71 bits per heavy atom. The van der Waals surface area contributed by atoms with Crippen LogP contribution in [-0.2, 0) is 4.79 Å². The molecule has 0 saturated carbocycles. The minimum atomic E-state index is -1.21. The quantitative estimate of drug-likeness (QED) is 0.326. The zero-order chi connectivity index (χ0) is 16.0. The third-order valence-corrected chi connectivity index (χ3v) is 2.63. The number of carboxylic acid groups (broad SMARTS) is 1. The largest absolute Gasteiger partial charge is 0.481 e. The van der Waals surface area contributed by atoms with Gasteiger partial charge in [0.15, 0.2) is 5.78 Å². The number of benzene rings is 1. The second-order valence-corrected chi connectivity index (χ2v) is 4.13. The van der Waals surface area contributed by atoms with Crippen molar-refractivity contribution in [2.24, 2.45) is 0 Å². The molecule has 0 amide bonds. The Bertz CT molecular complexity index is 588. The van der Waals surface area contributed by atoms with Crippen molar-refractivity contribution in [3.05, 3.63) is 52.3 Å². The van der Waals surface area contributed by atoms with Crippen LogP contribution in [0.5, 0.6) is 0 Å². The predicted octanol–water partition coefficient (Wildman–Crippen LogP) is 1.54. The minimum Gasteiger partial charge on any atom is -0.481 e. The number of hydrogen-bond acceptors (Lipinski definition) is 5. The number of ketones is 1. The zero-order valence-corrected chi connectivity index (χ0v) is 10.9. The van der Waals surface area contributed by atoms with Crippen molar-refractivity contribution in [3.63, 3.8) is 0 Å². The summed E-state index contributed by atoms with van der Waals surface area (Å²) in [5.74, 6) is -2.94. The van der Waals surface area contributed by atoms with E-state index in [-0.39, 0.29) is 12.1 Å². The first-order valence-corrected chi connectivity index (χ1v) is 5.91. The van der Waals surface area contributed by atoms with E-state index in [1.165, 1.54) is 6.08 Å². The number of halogens is 1. The Kier molecular flexibility index (Phi) is 5.67. The van der Waals surface area contributed by atoms with Crippen molar-refractivity contribution in [2.45, 2.75) is 12.5 Å². The number of nitro benzene ring substituents is 1. The first kappa shape index (κ1) is 16.4. The summed E-state index contributed by atoms with van der Waals surface area (Å²) in [4.78, 5) is 32.6. The molecule has 0 aliphatic carbocycles. The van der Waals surface area contributed by atoms with Crippen molar-refractivity contribution in [1.29, 1.82) is 0 Å². The number of carbonyl (C=O) groups is 2. The van der Waals surface area contributed by atoms with Gasteiger partial charge in [0.25, 0.3) is 0 Å². The van der Waals surface area contributed by atoms with E-state index in [2.05, 4.69) is 11.9 Å². The van der Waals surface area contributed by atoms with Gasteiger partial charge in [-0.3, -0.25) is 19.7 Å². The Morgan fingerprint density at radius 2 is 2.19 bits per heavy atom. The molecule has 1 unspecified atom stereocenters.